The van der Waals surface area contributed by atoms with Gasteiger partial charge in [0.25, 0.3) is 10.1 Å². The van der Waals surface area contributed by atoms with Crippen molar-refractivity contribution in [2.24, 2.45) is 0 Å². The van der Waals surface area contributed by atoms with Gasteiger partial charge < -0.3 is 14.8 Å². The quantitative estimate of drug-likeness (QED) is 0.446. The highest BCUT2D eigenvalue weighted by molar-refractivity contribution is 7.86. The Morgan fingerprint density at radius 3 is 2.22 bits per heavy atom. The minimum atomic E-state index is -4.01. The van der Waals surface area contributed by atoms with Crippen LogP contribution in [-0.4, -0.2) is 38.7 Å². The summed E-state index contributed by atoms with van der Waals surface area (Å²) in [6, 6.07) is 14.1. The molecule has 0 radical (unpaired) electrons. The maximum atomic E-state index is 12.6. The van der Waals surface area contributed by atoms with E-state index in [0.29, 0.717) is 0 Å². The van der Waals surface area contributed by atoms with E-state index < -0.39 is 33.8 Å². The van der Waals surface area contributed by atoms with Crippen molar-refractivity contribution in [3.05, 3.63) is 65.7 Å². The van der Waals surface area contributed by atoms with E-state index in [1.165, 1.54) is 12.1 Å². The Kier molecular flexibility index (Phi) is 8.80. The van der Waals surface area contributed by atoms with Gasteiger partial charge in [-0.25, -0.2) is 9.59 Å². The summed E-state index contributed by atoms with van der Waals surface area (Å²) in [7, 11) is -4.01. The molecule has 8 nitrogen and oxygen atoms in total. The lowest BCUT2D eigenvalue weighted by molar-refractivity contribution is -0.147. The molecule has 0 saturated heterocycles. The van der Waals surface area contributed by atoms with Crippen LogP contribution in [0.4, 0.5) is 4.79 Å². The van der Waals surface area contributed by atoms with E-state index in [1.807, 2.05) is 25.1 Å². The number of nitrogens with one attached hydrogen (secondary N) is 1. The van der Waals surface area contributed by atoms with E-state index in [9.17, 15) is 18.0 Å². The van der Waals surface area contributed by atoms with Gasteiger partial charge in [-0.1, -0.05) is 48.0 Å². The highest BCUT2D eigenvalue weighted by atomic mass is 32.2. The zero-order chi connectivity index (χ0) is 23.8. The van der Waals surface area contributed by atoms with Gasteiger partial charge in [-0.3, -0.25) is 4.18 Å². The fourth-order valence-electron chi connectivity index (χ4n) is 2.58. The second-order valence-electron chi connectivity index (χ2n) is 8.17. The van der Waals surface area contributed by atoms with Crippen molar-refractivity contribution in [3.8, 4) is 0 Å². The molecular formula is C23H29NO7S. The molecule has 0 aromatic heterocycles. The highest BCUT2D eigenvalue weighted by Gasteiger charge is 2.26. The normalized spacial score (nSPS) is 12.6. The number of benzene rings is 2. The SMILES string of the molecule is Cc1ccc(S(=O)(=O)OCC[C@H](NC(=O)OC(C)(C)C)C(=O)OCc2ccccc2)cc1. The third kappa shape index (κ3) is 8.68. The summed E-state index contributed by atoms with van der Waals surface area (Å²) in [4.78, 5) is 24.8. The number of rotatable bonds is 9. The number of carbonyl (C=O) groups excluding carboxylic acids is 2. The van der Waals surface area contributed by atoms with E-state index in [4.69, 9.17) is 13.7 Å². The Morgan fingerprint density at radius 2 is 1.62 bits per heavy atom. The number of carbonyl (C=O) groups is 2. The van der Waals surface area contributed by atoms with Crippen LogP contribution < -0.4 is 5.32 Å². The Bertz CT molecular complexity index is 997. The van der Waals surface area contributed by atoms with Gasteiger partial charge in [-0.2, -0.15) is 8.42 Å². The van der Waals surface area contributed by atoms with E-state index >= 15 is 0 Å². The average Bonchev–Trinajstić information content (AvgIpc) is 2.71. The van der Waals surface area contributed by atoms with Crippen molar-refractivity contribution in [2.75, 3.05) is 6.61 Å². The molecule has 0 spiro atoms. The van der Waals surface area contributed by atoms with E-state index in [1.54, 1.807) is 45.0 Å². The molecule has 2 rings (SSSR count). The van der Waals surface area contributed by atoms with E-state index in [0.717, 1.165) is 11.1 Å². The van der Waals surface area contributed by atoms with E-state index in [-0.39, 0.29) is 24.5 Å². The predicted octanol–water partition coefficient (Wildman–Crippen LogP) is 3.73. The molecule has 0 aliphatic heterocycles. The Labute approximate surface area is 189 Å². The third-order valence-electron chi connectivity index (χ3n) is 4.15. The first-order valence-corrected chi connectivity index (χ1v) is 11.5. The largest absolute Gasteiger partial charge is 0.459 e. The summed E-state index contributed by atoms with van der Waals surface area (Å²) in [6.45, 7) is 6.57. The van der Waals surface area contributed by atoms with Crippen LogP contribution in [0.2, 0.25) is 0 Å². The molecule has 2 aromatic rings. The lowest BCUT2D eigenvalue weighted by Gasteiger charge is -2.23. The third-order valence-corrected chi connectivity index (χ3v) is 5.48. The molecule has 32 heavy (non-hydrogen) atoms. The van der Waals surface area contributed by atoms with Crippen LogP contribution in [0.15, 0.2) is 59.5 Å². The van der Waals surface area contributed by atoms with Gasteiger partial charge in [-0.15, -0.1) is 0 Å². The van der Waals surface area contributed by atoms with Crippen LogP contribution >= 0.6 is 0 Å². The maximum Gasteiger partial charge on any atom is 0.408 e. The second-order valence-corrected chi connectivity index (χ2v) is 9.79. The zero-order valence-electron chi connectivity index (χ0n) is 18.7. The number of hydrogen-bond donors (Lipinski definition) is 1. The van der Waals surface area contributed by atoms with Gasteiger partial charge in [0.15, 0.2) is 0 Å². The maximum absolute atomic E-state index is 12.6. The lowest BCUT2D eigenvalue weighted by atomic mass is 10.2. The lowest BCUT2D eigenvalue weighted by Crippen LogP contribution is -2.44. The van der Waals surface area contributed by atoms with Gasteiger partial charge in [0.2, 0.25) is 0 Å². The fourth-order valence-corrected chi connectivity index (χ4v) is 3.50. The number of aryl methyl sites for hydroxylation is 1. The first-order chi connectivity index (χ1) is 15.0. The van der Waals surface area contributed by atoms with Gasteiger partial charge >= 0.3 is 12.1 Å². The Balaban J connectivity index is 2.01. The number of hydrogen-bond acceptors (Lipinski definition) is 7. The molecule has 1 N–H and O–H groups in total. The van der Waals surface area contributed by atoms with Gasteiger partial charge in [0, 0.05) is 6.42 Å². The predicted molar refractivity (Wildman–Crippen MR) is 118 cm³/mol. The van der Waals surface area contributed by atoms with Crippen LogP contribution in [-0.2, 0) is 35.2 Å². The highest BCUT2D eigenvalue weighted by Crippen LogP contribution is 2.14. The van der Waals surface area contributed by atoms with E-state index in [2.05, 4.69) is 5.32 Å². The summed E-state index contributed by atoms with van der Waals surface area (Å²) in [5.41, 5.74) is 0.912. The van der Waals surface area contributed by atoms with Gasteiger partial charge in [0.1, 0.15) is 18.2 Å². The summed E-state index contributed by atoms with van der Waals surface area (Å²) in [5.74, 6) is -0.726. The first kappa shape index (κ1) is 25.4. The minimum Gasteiger partial charge on any atom is -0.459 e. The Morgan fingerprint density at radius 1 is 1.00 bits per heavy atom. The first-order valence-electron chi connectivity index (χ1n) is 10.1. The van der Waals surface area contributed by atoms with Crippen LogP contribution in [0.1, 0.15) is 38.3 Å². The monoisotopic (exact) mass is 463 g/mol. The number of ether oxygens (including phenoxy) is 2. The number of alkyl carbamates (subject to hydrolysis) is 1. The topological polar surface area (TPSA) is 108 Å². The van der Waals surface area contributed by atoms with Crippen molar-refractivity contribution < 1.29 is 31.7 Å². The van der Waals surface area contributed by atoms with Gasteiger partial charge in [0.05, 0.1) is 11.5 Å². The molecule has 0 unspecified atom stereocenters. The van der Waals surface area contributed by atoms with Crippen molar-refractivity contribution in [3.63, 3.8) is 0 Å². The van der Waals surface area contributed by atoms with Crippen molar-refractivity contribution in [1.29, 1.82) is 0 Å². The molecule has 0 aliphatic carbocycles. The minimum absolute atomic E-state index is 0.00593. The molecule has 1 atom stereocenters. The van der Waals surface area contributed by atoms with Crippen LogP contribution in [0.3, 0.4) is 0 Å². The molecule has 0 heterocycles. The molecule has 0 fully saturated rings. The molecular weight excluding hydrogens is 434 g/mol. The molecule has 0 aliphatic rings. The molecule has 1 amide bonds. The summed E-state index contributed by atoms with van der Waals surface area (Å²) in [6.07, 6.45) is -0.946. The summed E-state index contributed by atoms with van der Waals surface area (Å²) >= 11 is 0. The molecule has 9 heteroatoms. The standard InChI is InChI=1S/C23H29NO7S/c1-17-10-12-19(13-11-17)32(27,28)30-15-14-20(24-22(26)31-23(2,3)4)21(25)29-16-18-8-6-5-7-9-18/h5-13,20H,14-16H2,1-4H3,(H,24,26)/t20-/m0/s1. The van der Waals surface area contributed by atoms with Crippen LogP contribution in [0, 0.1) is 6.92 Å². The smallest absolute Gasteiger partial charge is 0.408 e. The number of esters is 1. The average molecular weight is 464 g/mol. The molecule has 0 saturated carbocycles. The Hall–Kier alpha value is -2.91. The fraction of sp³-hybridized carbons (Fsp3) is 0.391. The van der Waals surface area contributed by atoms with Crippen molar-refractivity contribution in [1.82, 2.24) is 5.32 Å². The molecule has 174 valence electrons. The van der Waals surface area contributed by atoms with Crippen molar-refractivity contribution >= 4 is 22.2 Å². The van der Waals surface area contributed by atoms with Gasteiger partial charge in [-0.05, 0) is 45.4 Å². The zero-order valence-corrected chi connectivity index (χ0v) is 19.5. The van der Waals surface area contributed by atoms with Crippen LogP contribution in [0.5, 0.6) is 0 Å². The van der Waals surface area contributed by atoms with Crippen molar-refractivity contribution in [2.45, 2.75) is 57.3 Å². The summed E-state index contributed by atoms with van der Waals surface area (Å²) in [5, 5.41) is 2.43. The second kappa shape index (κ2) is 11.1. The molecule has 0 bridgehead atoms. The van der Waals surface area contributed by atoms with Crippen LogP contribution in [0.25, 0.3) is 0 Å². The summed E-state index contributed by atoms with van der Waals surface area (Å²) < 4.78 is 40.3. The number of amides is 1. The molecule has 2 aromatic carbocycles.